The molecule has 2 rings (SSSR count). The molecule has 0 aromatic heterocycles. The quantitative estimate of drug-likeness (QED) is 0.791. The lowest BCUT2D eigenvalue weighted by molar-refractivity contribution is -0.0221. The molecule has 1 saturated heterocycles. The van der Waals surface area contributed by atoms with Crippen LogP contribution in [0.5, 0.6) is 0 Å². The Balaban J connectivity index is 1.98. The van der Waals surface area contributed by atoms with Gasteiger partial charge in [-0.25, -0.2) is 8.42 Å². The summed E-state index contributed by atoms with van der Waals surface area (Å²) in [6.45, 7) is 8.09. The Labute approximate surface area is 111 Å². The van der Waals surface area contributed by atoms with Crippen LogP contribution in [0.4, 0.5) is 0 Å². The summed E-state index contributed by atoms with van der Waals surface area (Å²) in [5.41, 5.74) is 0.175. The molecule has 1 aliphatic carbocycles. The molecule has 18 heavy (non-hydrogen) atoms. The molecular formula is C13H25NO3S. The van der Waals surface area contributed by atoms with Gasteiger partial charge in [0, 0.05) is 13.1 Å². The average molecular weight is 275 g/mol. The third kappa shape index (κ3) is 3.25. The molecule has 2 fully saturated rings. The predicted molar refractivity (Wildman–Crippen MR) is 71.9 cm³/mol. The van der Waals surface area contributed by atoms with E-state index in [2.05, 4.69) is 20.8 Å². The van der Waals surface area contributed by atoms with Crippen molar-refractivity contribution in [2.75, 3.05) is 19.7 Å². The van der Waals surface area contributed by atoms with Crippen molar-refractivity contribution in [1.82, 2.24) is 4.31 Å². The molecular weight excluding hydrogens is 250 g/mol. The van der Waals surface area contributed by atoms with Crippen molar-refractivity contribution in [3.63, 3.8) is 0 Å². The molecule has 5 heteroatoms. The van der Waals surface area contributed by atoms with Gasteiger partial charge in [0.1, 0.15) is 0 Å². The van der Waals surface area contributed by atoms with Crippen molar-refractivity contribution < 1.29 is 13.2 Å². The van der Waals surface area contributed by atoms with Crippen LogP contribution >= 0.6 is 0 Å². The number of rotatable bonds is 3. The zero-order chi connectivity index (χ0) is 13.4. The second-order valence-electron chi connectivity index (χ2n) is 6.71. The van der Waals surface area contributed by atoms with Crippen LogP contribution in [-0.2, 0) is 14.8 Å². The maximum atomic E-state index is 12.3. The summed E-state index contributed by atoms with van der Waals surface area (Å²) in [4.78, 5) is 0. The number of morpholine rings is 1. The summed E-state index contributed by atoms with van der Waals surface area (Å²) in [7, 11) is -3.06. The fourth-order valence-corrected chi connectivity index (χ4v) is 4.66. The third-order valence-corrected chi connectivity index (χ3v) is 6.14. The van der Waals surface area contributed by atoms with Crippen LogP contribution in [0.1, 0.15) is 46.5 Å². The number of hydrogen-bond donors (Lipinski definition) is 0. The highest BCUT2D eigenvalue weighted by Crippen LogP contribution is 2.31. The van der Waals surface area contributed by atoms with Crippen LogP contribution in [0, 0.1) is 5.41 Å². The molecule has 1 atom stereocenters. The van der Waals surface area contributed by atoms with Crippen molar-refractivity contribution in [3.8, 4) is 0 Å². The highest BCUT2D eigenvalue weighted by molar-refractivity contribution is 7.89. The summed E-state index contributed by atoms with van der Waals surface area (Å²) in [5, 5.41) is -0.120. The Morgan fingerprint density at radius 1 is 1.28 bits per heavy atom. The van der Waals surface area contributed by atoms with Crippen LogP contribution in [-0.4, -0.2) is 43.8 Å². The van der Waals surface area contributed by atoms with Crippen LogP contribution in [0.15, 0.2) is 0 Å². The smallest absolute Gasteiger partial charge is 0.217 e. The van der Waals surface area contributed by atoms with Gasteiger partial charge in [0.05, 0.1) is 18.0 Å². The number of hydrogen-bond acceptors (Lipinski definition) is 3. The first-order chi connectivity index (χ1) is 8.29. The third-order valence-electron chi connectivity index (χ3n) is 3.77. The molecule has 0 radical (unpaired) electrons. The van der Waals surface area contributed by atoms with E-state index < -0.39 is 10.0 Å². The van der Waals surface area contributed by atoms with Gasteiger partial charge >= 0.3 is 0 Å². The number of sulfonamides is 1. The zero-order valence-electron chi connectivity index (χ0n) is 11.7. The molecule has 0 amide bonds. The van der Waals surface area contributed by atoms with E-state index >= 15 is 0 Å². The van der Waals surface area contributed by atoms with Crippen molar-refractivity contribution in [2.24, 2.45) is 5.41 Å². The van der Waals surface area contributed by atoms with Gasteiger partial charge in [0.25, 0.3) is 0 Å². The first-order valence-corrected chi connectivity index (χ1v) is 8.40. The molecule has 2 aliphatic rings. The standard InChI is InChI=1S/C13H25NO3S/c1-13(2,3)9-11-10-14(7-8-17-11)18(15,16)12-5-4-6-12/h11-12H,4-10H2,1-3H3/t11-/m1/s1. The Hall–Kier alpha value is -0.130. The highest BCUT2D eigenvalue weighted by Gasteiger charge is 2.39. The Morgan fingerprint density at radius 2 is 1.94 bits per heavy atom. The summed E-state index contributed by atoms with van der Waals surface area (Å²) in [6, 6.07) is 0. The van der Waals surface area contributed by atoms with E-state index in [0.29, 0.717) is 19.7 Å². The fraction of sp³-hybridized carbons (Fsp3) is 1.00. The topological polar surface area (TPSA) is 46.6 Å². The fourth-order valence-electron chi connectivity index (χ4n) is 2.61. The van der Waals surface area contributed by atoms with E-state index in [1.165, 1.54) is 0 Å². The van der Waals surface area contributed by atoms with E-state index in [9.17, 15) is 8.42 Å². The molecule has 0 spiro atoms. The largest absolute Gasteiger partial charge is 0.375 e. The van der Waals surface area contributed by atoms with Crippen molar-refractivity contribution in [1.29, 1.82) is 0 Å². The monoisotopic (exact) mass is 275 g/mol. The summed E-state index contributed by atoms with van der Waals surface area (Å²) < 4.78 is 32.1. The van der Waals surface area contributed by atoms with Gasteiger partial charge in [-0.2, -0.15) is 4.31 Å². The van der Waals surface area contributed by atoms with Gasteiger partial charge < -0.3 is 4.74 Å². The number of ether oxygens (including phenoxy) is 1. The van der Waals surface area contributed by atoms with Crippen LogP contribution in [0.3, 0.4) is 0 Å². The van der Waals surface area contributed by atoms with Crippen LogP contribution < -0.4 is 0 Å². The minimum atomic E-state index is -3.06. The lowest BCUT2D eigenvalue weighted by Gasteiger charge is -2.38. The molecule has 0 bridgehead atoms. The maximum absolute atomic E-state index is 12.3. The second-order valence-corrected chi connectivity index (χ2v) is 8.93. The van der Waals surface area contributed by atoms with Gasteiger partial charge in [-0.1, -0.05) is 27.2 Å². The molecule has 1 aliphatic heterocycles. The molecule has 1 heterocycles. The number of nitrogens with zero attached hydrogens (tertiary/aromatic N) is 1. The van der Waals surface area contributed by atoms with E-state index in [0.717, 1.165) is 25.7 Å². The van der Waals surface area contributed by atoms with Crippen LogP contribution in [0.2, 0.25) is 0 Å². The molecule has 4 nitrogen and oxygen atoms in total. The molecule has 0 N–H and O–H groups in total. The van der Waals surface area contributed by atoms with Crippen molar-refractivity contribution in [3.05, 3.63) is 0 Å². The van der Waals surface area contributed by atoms with Crippen molar-refractivity contribution in [2.45, 2.75) is 57.8 Å². The van der Waals surface area contributed by atoms with Crippen LogP contribution in [0.25, 0.3) is 0 Å². The molecule has 1 saturated carbocycles. The molecule has 0 aromatic rings. The average Bonchev–Trinajstić information content (AvgIpc) is 2.11. The minimum Gasteiger partial charge on any atom is -0.375 e. The normalized spacial score (nSPS) is 28.1. The van der Waals surface area contributed by atoms with E-state index in [1.807, 2.05) is 0 Å². The highest BCUT2D eigenvalue weighted by atomic mass is 32.2. The van der Waals surface area contributed by atoms with Gasteiger partial charge in [0.15, 0.2) is 0 Å². The Bertz CT molecular complexity index is 382. The summed E-state index contributed by atoms with van der Waals surface area (Å²) in [6.07, 6.45) is 3.69. The first kappa shape index (κ1) is 14.3. The van der Waals surface area contributed by atoms with E-state index in [-0.39, 0.29) is 16.8 Å². The molecule has 0 aromatic carbocycles. The predicted octanol–water partition coefficient (Wildman–Crippen LogP) is 2.01. The van der Waals surface area contributed by atoms with E-state index in [1.54, 1.807) is 4.31 Å². The first-order valence-electron chi connectivity index (χ1n) is 6.89. The minimum absolute atomic E-state index is 0.0496. The SMILES string of the molecule is CC(C)(C)C[C@@H]1CN(S(=O)(=O)C2CCC2)CCO1. The Morgan fingerprint density at radius 3 is 2.44 bits per heavy atom. The lowest BCUT2D eigenvalue weighted by atomic mass is 9.89. The molecule has 106 valence electrons. The van der Waals surface area contributed by atoms with Gasteiger partial charge in [-0.3, -0.25) is 0 Å². The lowest BCUT2D eigenvalue weighted by Crippen LogP contribution is -2.50. The summed E-state index contributed by atoms with van der Waals surface area (Å²) in [5.74, 6) is 0. The Kier molecular flexibility index (Phi) is 4.04. The van der Waals surface area contributed by atoms with Gasteiger partial charge in [-0.15, -0.1) is 0 Å². The second kappa shape index (κ2) is 5.10. The van der Waals surface area contributed by atoms with E-state index in [4.69, 9.17) is 4.74 Å². The zero-order valence-corrected chi connectivity index (χ0v) is 12.5. The van der Waals surface area contributed by atoms with Gasteiger partial charge in [-0.05, 0) is 24.7 Å². The van der Waals surface area contributed by atoms with Gasteiger partial charge in [0.2, 0.25) is 10.0 Å². The van der Waals surface area contributed by atoms with Crippen molar-refractivity contribution >= 4 is 10.0 Å². The summed E-state index contributed by atoms with van der Waals surface area (Å²) >= 11 is 0. The maximum Gasteiger partial charge on any atom is 0.217 e. The molecule has 0 unspecified atom stereocenters.